The predicted molar refractivity (Wildman–Crippen MR) is 117 cm³/mol. The van der Waals surface area contributed by atoms with E-state index in [9.17, 15) is 18.8 Å². The highest BCUT2D eigenvalue weighted by Crippen LogP contribution is 2.17. The van der Waals surface area contributed by atoms with Crippen LogP contribution < -0.4 is 10.6 Å². The summed E-state index contributed by atoms with van der Waals surface area (Å²) in [5, 5.41) is 5.46. The molecule has 0 atom stereocenters. The minimum Gasteiger partial charge on any atom is -0.444 e. The molecule has 1 aromatic rings. The number of rotatable bonds is 7. The van der Waals surface area contributed by atoms with Gasteiger partial charge in [-0.15, -0.1) is 0 Å². The van der Waals surface area contributed by atoms with E-state index in [1.54, 1.807) is 43.9 Å². The van der Waals surface area contributed by atoms with Crippen LogP contribution in [0.2, 0.25) is 0 Å². The molecule has 0 unspecified atom stereocenters. The molecule has 7 nitrogen and oxygen atoms in total. The number of alkyl carbamates (subject to hydrolysis) is 1. The standard InChI is InChI=1S/C23H32FN3O4/c1-23(2,3)31-22(30)25-12-9-21(29)27-13-10-18(11-14-27)16-26-20(28)8-7-17-5-4-6-19(24)15-17/h4-8,15,18H,9-14,16H2,1-3H3,(H,25,30)(H,26,28)/b8-7+. The molecule has 3 amide bonds. The van der Waals surface area contributed by atoms with E-state index in [4.69, 9.17) is 4.74 Å². The van der Waals surface area contributed by atoms with Crippen molar-refractivity contribution < 1.29 is 23.5 Å². The molecule has 1 aliphatic heterocycles. The quantitative estimate of drug-likeness (QED) is 0.647. The Morgan fingerprint density at radius 3 is 2.55 bits per heavy atom. The van der Waals surface area contributed by atoms with Gasteiger partial charge in [0, 0.05) is 38.7 Å². The topological polar surface area (TPSA) is 87.7 Å². The second-order valence-electron chi connectivity index (χ2n) is 8.64. The van der Waals surface area contributed by atoms with Gasteiger partial charge in [-0.2, -0.15) is 0 Å². The van der Waals surface area contributed by atoms with Crippen molar-refractivity contribution in [3.8, 4) is 0 Å². The molecule has 1 heterocycles. The van der Waals surface area contributed by atoms with Crippen molar-refractivity contribution >= 4 is 24.0 Å². The molecule has 1 aliphatic rings. The number of carbonyl (C=O) groups is 3. The Hall–Kier alpha value is -2.90. The van der Waals surface area contributed by atoms with Crippen LogP contribution in [0.4, 0.5) is 9.18 Å². The van der Waals surface area contributed by atoms with Crippen LogP contribution in [0.1, 0.15) is 45.6 Å². The summed E-state index contributed by atoms with van der Waals surface area (Å²) in [7, 11) is 0. The fraction of sp³-hybridized carbons (Fsp3) is 0.522. The lowest BCUT2D eigenvalue weighted by molar-refractivity contribution is -0.132. The van der Waals surface area contributed by atoms with E-state index in [1.807, 2.05) is 0 Å². The molecular weight excluding hydrogens is 401 g/mol. The number of piperidine rings is 1. The van der Waals surface area contributed by atoms with Crippen molar-refractivity contribution in [3.63, 3.8) is 0 Å². The monoisotopic (exact) mass is 433 g/mol. The first-order valence-corrected chi connectivity index (χ1v) is 10.6. The van der Waals surface area contributed by atoms with Crippen molar-refractivity contribution in [2.75, 3.05) is 26.2 Å². The fourth-order valence-electron chi connectivity index (χ4n) is 3.22. The van der Waals surface area contributed by atoms with Crippen LogP contribution in [0.5, 0.6) is 0 Å². The summed E-state index contributed by atoms with van der Waals surface area (Å²) in [6.45, 7) is 7.38. The van der Waals surface area contributed by atoms with Crippen LogP contribution in [0.25, 0.3) is 6.08 Å². The molecule has 2 rings (SSSR count). The molecule has 31 heavy (non-hydrogen) atoms. The van der Waals surface area contributed by atoms with Crippen molar-refractivity contribution in [2.24, 2.45) is 5.92 Å². The highest BCUT2D eigenvalue weighted by atomic mass is 19.1. The van der Waals surface area contributed by atoms with Crippen LogP contribution in [0.3, 0.4) is 0 Å². The van der Waals surface area contributed by atoms with Gasteiger partial charge < -0.3 is 20.3 Å². The Bertz CT molecular complexity index is 796. The van der Waals surface area contributed by atoms with Crippen molar-refractivity contribution in [1.29, 1.82) is 0 Å². The van der Waals surface area contributed by atoms with Crippen LogP contribution in [-0.2, 0) is 14.3 Å². The number of halogens is 1. The summed E-state index contributed by atoms with van der Waals surface area (Å²) in [6, 6.07) is 6.03. The van der Waals surface area contributed by atoms with E-state index < -0.39 is 11.7 Å². The molecular formula is C23H32FN3O4. The summed E-state index contributed by atoms with van der Waals surface area (Å²) in [4.78, 5) is 37.7. The zero-order valence-electron chi connectivity index (χ0n) is 18.4. The van der Waals surface area contributed by atoms with E-state index in [0.29, 0.717) is 31.1 Å². The summed E-state index contributed by atoms with van der Waals surface area (Å²) in [6.07, 6.45) is 4.28. The molecule has 2 N–H and O–H groups in total. The Morgan fingerprint density at radius 2 is 1.90 bits per heavy atom. The van der Waals surface area contributed by atoms with Gasteiger partial charge in [0.05, 0.1) is 0 Å². The third kappa shape index (κ3) is 9.63. The van der Waals surface area contributed by atoms with E-state index in [0.717, 1.165) is 12.8 Å². The average Bonchev–Trinajstić information content (AvgIpc) is 2.69. The lowest BCUT2D eigenvalue weighted by Gasteiger charge is -2.32. The van der Waals surface area contributed by atoms with Crippen molar-refractivity contribution in [1.82, 2.24) is 15.5 Å². The SMILES string of the molecule is CC(C)(C)OC(=O)NCCC(=O)N1CCC(CNC(=O)/C=C/c2cccc(F)c2)CC1. The summed E-state index contributed by atoms with van der Waals surface area (Å²) >= 11 is 0. The van der Waals surface area contributed by atoms with Crippen molar-refractivity contribution in [3.05, 3.63) is 41.7 Å². The largest absolute Gasteiger partial charge is 0.444 e. The number of ether oxygens (including phenoxy) is 1. The maximum absolute atomic E-state index is 13.1. The van der Waals surface area contributed by atoms with Gasteiger partial charge in [-0.1, -0.05) is 12.1 Å². The van der Waals surface area contributed by atoms with E-state index in [-0.39, 0.29) is 30.6 Å². The highest BCUT2D eigenvalue weighted by molar-refractivity contribution is 5.91. The van der Waals surface area contributed by atoms with Crippen LogP contribution in [0, 0.1) is 11.7 Å². The maximum Gasteiger partial charge on any atom is 0.407 e. The maximum atomic E-state index is 13.1. The Balaban J connectivity index is 1.62. The third-order valence-corrected chi connectivity index (χ3v) is 4.82. The minimum absolute atomic E-state index is 0.00318. The van der Waals surface area contributed by atoms with Gasteiger partial charge in [0.1, 0.15) is 11.4 Å². The lowest BCUT2D eigenvalue weighted by atomic mass is 9.96. The van der Waals surface area contributed by atoms with Gasteiger partial charge in [-0.05, 0) is 63.3 Å². The second-order valence-corrected chi connectivity index (χ2v) is 8.64. The van der Waals surface area contributed by atoms with Crippen LogP contribution in [0.15, 0.2) is 30.3 Å². The number of likely N-dealkylation sites (tertiary alicyclic amines) is 1. The first-order chi connectivity index (χ1) is 14.6. The number of nitrogens with zero attached hydrogens (tertiary/aromatic N) is 1. The van der Waals surface area contributed by atoms with Gasteiger partial charge in [-0.3, -0.25) is 9.59 Å². The van der Waals surface area contributed by atoms with Gasteiger partial charge in [-0.25, -0.2) is 9.18 Å². The minimum atomic E-state index is -0.569. The molecule has 1 fully saturated rings. The second kappa shape index (κ2) is 11.5. The number of hydrogen-bond donors (Lipinski definition) is 2. The molecule has 1 aromatic carbocycles. The Labute approximate surface area is 183 Å². The van der Waals surface area contributed by atoms with Gasteiger partial charge in [0.2, 0.25) is 11.8 Å². The van der Waals surface area contributed by atoms with E-state index >= 15 is 0 Å². The van der Waals surface area contributed by atoms with Crippen LogP contribution in [-0.4, -0.2) is 54.6 Å². The number of carbonyl (C=O) groups excluding carboxylic acids is 3. The smallest absolute Gasteiger partial charge is 0.407 e. The molecule has 0 aromatic heterocycles. The average molecular weight is 434 g/mol. The van der Waals surface area contributed by atoms with Crippen molar-refractivity contribution in [2.45, 2.75) is 45.6 Å². The molecule has 170 valence electrons. The summed E-state index contributed by atoms with van der Waals surface area (Å²) < 4.78 is 18.3. The number of nitrogens with one attached hydrogen (secondary N) is 2. The zero-order valence-corrected chi connectivity index (χ0v) is 18.4. The summed E-state index contributed by atoms with van der Waals surface area (Å²) in [5.41, 5.74) is 0.0591. The van der Waals surface area contributed by atoms with Crippen LogP contribution >= 0.6 is 0 Å². The zero-order chi connectivity index (χ0) is 22.9. The van der Waals surface area contributed by atoms with Gasteiger partial charge in [0.15, 0.2) is 0 Å². The van der Waals surface area contributed by atoms with Gasteiger partial charge >= 0.3 is 6.09 Å². The Morgan fingerprint density at radius 1 is 1.19 bits per heavy atom. The third-order valence-electron chi connectivity index (χ3n) is 4.82. The first kappa shape index (κ1) is 24.4. The number of amides is 3. The molecule has 0 radical (unpaired) electrons. The molecule has 8 heteroatoms. The number of benzene rings is 1. The van der Waals surface area contributed by atoms with E-state index in [2.05, 4.69) is 10.6 Å². The first-order valence-electron chi connectivity index (χ1n) is 10.6. The summed E-state index contributed by atoms with van der Waals surface area (Å²) in [5.74, 6) is -0.271. The van der Waals surface area contributed by atoms with Gasteiger partial charge in [0.25, 0.3) is 0 Å². The molecule has 0 aliphatic carbocycles. The molecule has 0 saturated carbocycles. The highest BCUT2D eigenvalue weighted by Gasteiger charge is 2.23. The molecule has 0 spiro atoms. The predicted octanol–water partition coefficient (Wildman–Crippen LogP) is 3.11. The normalized spacial score (nSPS) is 15.0. The fourth-order valence-corrected chi connectivity index (χ4v) is 3.22. The molecule has 0 bridgehead atoms. The van der Waals surface area contributed by atoms with E-state index in [1.165, 1.54) is 18.2 Å². The number of hydrogen-bond acceptors (Lipinski definition) is 4. The lowest BCUT2D eigenvalue weighted by Crippen LogP contribution is -2.42. The Kier molecular flexibility index (Phi) is 9.03. The molecule has 1 saturated heterocycles.